The average Bonchev–Trinajstić information content (AvgIpc) is 2.93. The standard InChI is InChI=1S/C10H14N4O3S3/c1-4-5-18-10-12-11-9(19-10)14-20(15,16)8-6(2)13-17-7(8)3/h4-5H2,1-3H3,(H,11,14). The summed E-state index contributed by atoms with van der Waals surface area (Å²) in [5.41, 5.74) is 0.320. The first kappa shape index (κ1) is 15.3. The average molecular weight is 334 g/mol. The molecule has 7 nitrogen and oxygen atoms in total. The molecule has 0 fully saturated rings. The van der Waals surface area contributed by atoms with Crippen molar-refractivity contribution in [2.75, 3.05) is 10.5 Å². The van der Waals surface area contributed by atoms with Gasteiger partial charge in [-0.05, 0) is 20.3 Å². The highest BCUT2D eigenvalue weighted by Crippen LogP contribution is 2.28. The molecule has 2 rings (SSSR count). The van der Waals surface area contributed by atoms with E-state index in [1.54, 1.807) is 25.6 Å². The Morgan fingerprint density at radius 3 is 2.70 bits per heavy atom. The zero-order valence-corrected chi connectivity index (χ0v) is 13.7. The van der Waals surface area contributed by atoms with Gasteiger partial charge in [0, 0.05) is 5.75 Å². The van der Waals surface area contributed by atoms with Gasteiger partial charge in [-0.25, -0.2) is 8.42 Å². The smallest absolute Gasteiger partial charge is 0.269 e. The van der Waals surface area contributed by atoms with Crippen molar-refractivity contribution >= 4 is 38.3 Å². The van der Waals surface area contributed by atoms with E-state index in [0.717, 1.165) is 16.5 Å². The van der Waals surface area contributed by atoms with Gasteiger partial charge in [-0.3, -0.25) is 4.72 Å². The molecule has 0 aromatic carbocycles. The maximum absolute atomic E-state index is 12.2. The van der Waals surface area contributed by atoms with Crippen molar-refractivity contribution < 1.29 is 12.9 Å². The second-order valence-corrected chi connectivity index (χ2v) is 7.92. The first-order valence-corrected chi connectivity index (χ1v) is 9.14. The minimum atomic E-state index is -3.75. The summed E-state index contributed by atoms with van der Waals surface area (Å²) in [6.45, 7) is 5.19. The van der Waals surface area contributed by atoms with E-state index in [1.165, 1.54) is 11.3 Å². The van der Waals surface area contributed by atoms with Crippen LogP contribution < -0.4 is 4.72 Å². The molecule has 0 spiro atoms. The fourth-order valence-corrected chi connectivity index (χ4v) is 4.76. The van der Waals surface area contributed by atoms with Gasteiger partial charge >= 0.3 is 0 Å². The van der Waals surface area contributed by atoms with E-state index < -0.39 is 10.0 Å². The molecule has 0 atom stereocenters. The van der Waals surface area contributed by atoms with Gasteiger partial charge in [-0.1, -0.05) is 35.2 Å². The first-order chi connectivity index (χ1) is 9.44. The molecule has 110 valence electrons. The monoisotopic (exact) mass is 334 g/mol. The molecular weight excluding hydrogens is 320 g/mol. The molecule has 0 radical (unpaired) electrons. The van der Waals surface area contributed by atoms with E-state index in [0.29, 0.717) is 5.69 Å². The molecule has 2 aromatic heterocycles. The minimum Gasteiger partial charge on any atom is -0.360 e. The van der Waals surface area contributed by atoms with Crippen LogP contribution in [0.3, 0.4) is 0 Å². The third-order valence-corrected chi connectivity index (χ3v) is 6.18. The molecular formula is C10H14N4O3S3. The quantitative estimate of drug-likeness (QED) is 0.810. The normalized spacial score (nSPS) is 11.8. The Morgan fingerprint density at radius 2 is 2.10 bits per heavy atom. The number of aryl methyl sites for hydroxylation is 2. The van der Waals surface area contributed by atoms with Crippen LogP contribution in [0, 0.1) is 13.8 Å². The summed E-state index contributed by atoms with van der Waals surface area (Å²) < 4.78 is 32.5. The lowest BCUT2D eigenvalue weighted by atomic mass is 10.4. The van der Waals surface area contributed by atoms with Gasteiger partial charge in [-0.2, -0.15) is 0 Å². The summed E-state index contributed by atoms with van der Waals surface area (Å²) in [7, 11) is -3.75. The number of thioether (sulfide) groups is 1. The van der Waals surface area contributed by atoms with Crippen molar-refractivity contribution in [3.05, 3.63) is 11.5 Å². The Morgan fingerprint density at radius 1 is 1.35 bits per heavy atom. The van der Waals surface area contributed by atoms with Crippen molar-refractivity contribution in [3.8, 4) is 0 Å². The van der Waals surface area contributed by atoms with E-state index >= 15 is 0 Å². The number of rotatable bonds is 6. The van der Waals surface area contributed by atoms with Crippen LogP contribution in [0.5, 0.6) is 0 Å². The Hall–Kier alpha value is -1.13. The van der Waals surface area contributed by atoms with Crippen LogP contribution in [0.4, 0.5) is 5.13 Å². The van der Waals surface area contributed by atoms with Gasteiger partial charge in [0.05, 0.1) is 0 Å². The number of hydrogen-bond donors (Lipinski definition) is 1. The molecule has 0 saturated heterocycles. The summed E-state index contributed by atoms with van der Waals surface area (Å²) in [6.07, 6.45) is 1.02. The van der Waals surface area contributed by atoms with Gasteiger partial charge in [-0.15, -0.1) is 10.2 Å². The SMILES string of the molecule is CCCSc1nnc(NS(=O)(=O)c2c(C)noc2C)s1. The Bertz CT molecular complexity index is 673. The van der Waals surface area contributed by atoms with Gasteiger partial charge in [0.25, 0.3) is 10.0 Å². The molecule has 20 heavy (non-hydrogen) atoms. The molecule has 0 aliphatic rings. The number of aromatic nitrogens is 3. The van der Waals surface area contributed by atoms with Crippen molar-refractivity contribution in [2.24, 2.45) is 0 Å². The summed E-state index contributed by atoms with van der Waals surface area (Å²) in [5.74, 6) is 1.17. The minimum absolute atomic E-state index is 0.0514. The first-order valence-electron chi connectivity index (χ1n) is 5.86. The highest BCUT2D eigenvalue weighted by atomic mass is 32.2. The molecule has 0 aliphatic carbocycles. The van der Waals surface area contributed by atoms with E-state index in [-0.39, 0.29) is 15.8 Å². The molecule has 10 heteroatoms. The van der Waals surface area contributed by atoms with Gasteiger partial charge < -0.3 is 4.52 Å². The third kappa shape index (κ3) is 3.30. The van der Waals surface area contributed by atoms with Crippen LogP contribution in [0.15, 0.2) is 13.8 Å². The van der Waals surface area contributed by atoms with Crippen molar-refractivity contribution in [3.63, 3.8) is 0 Å². The summed E-state index contributed by atoms with van der Waals surface area (Å²) in [6, 6.07) is 0. The predicted molar refractivity (Wildman–Crippen MR) is 77.7 cm³/mol. The Labute approximate surface area is 125 Å². The predicted octanol–water partition coefficient (Wildman–Crippen LogP) is 2.45. The van der Waals surface area contributed by atoms with Crippen LogP contribution >= 0.6 is 23.1 Å². The largest absolute Gasteiger partial charge is 0.360 e. The van der Waals surface area contributed by atoms with Crippen LogP contribution in [0.2, 0.25) is 0 Å². The van der Waals surface area contributed by atoms with Crippen LogP contribution in [0.25, 0.3) is 0 Å². The van der Waals surface area contributed by atoms with Crippen molar-refractivity contribution in [2.45, 2.75) is 36.4 Å². The molecule has 1 N–H and O–H groups in total. The molecule has 2 heterocycles. The fourth-order valence-electron chi connectivity index (χ4n) is 1.52. The zero-order chi connectivity index (χ0) is 14.8. The van der Waals surface area contributed by atoms with Gasteiger partial charge in [0.1, 0.15) is 5.69 Å². The van der Waals surface area contributed by atoms with Gasteiger partial charge in [0.2, 0.25) is 5.13 Å². The second kappa shape index (κ2) is 6.10. The maximum Gasteiger partial charge on any atom is 0.269 e. The van der Waals surface area contributed by atoms with E-state index in [4.69, 9.17) is 4.52 Å². The Kier molecular flexibility index (Phi) is 4.66. The number of sulfonamides is 1. The number of nitrogens with one attached hydrogen (secondary N) is 1. The molecule has 0 aliphatic heterocycles. The van der Waals surface area contributed by atoms with Crippen LogP contribution in [-0.2, 0) is 10.0 Å². The summed E-state index contributed by atoms with van der Waals surface area (Å²) in [4.78, 5) is 0.0514. The highest BCUT2D eigenvalue weighted by Gasteiger charge is 2.25. The summed E-state index contributed by atoms with van der Waals surface area (Å²) in [5, 5.41) is 11.6. The molecule has 0 saturated carbocycles. The van der Waals surface area contributed by atoms with Crippen LogP contribution in [0.1, 0.15) is 24.8 Å². The van der Waals surface area contributed by atoms with Crippen molar-refractivity contribution in [1.29, 1.82) is 0 Å². The molecule has 2 aromatic rings. The molecule has 0 bridgehead atoms. The second-order valence-electron chi connectivity index (χ2n) is 3.98. The van der Waals surface area contributed by atoms with E-state index in [2.05, 4.69) is 27.0 Å². The topological polar surface area (TPSA) is 98.0 Å². The summed E-state index contributed by atoms with van der Waals surface area (Å²) >= 11 is 2.76. The molecule has 0 unspecified atom stereocenters. The van der Waals surface area contributed by atoms with E-state index in [9.17, 15) is 8.42 Å². The lowest BCUT2D eigenvalue weighted by Crippen LogP contribution is -2.14. The fraction of sp³-hybridized carbons (Fsp3) is 0.500. The molecule has 0 amide bonds. The third-order valence-electron chi connectivity index (χ3n) is 2.29. The van der Waals surface area contributed by atoms with Crippen LogP contribution in [-0.4, -0.2) is 29.5 Å². The lowest BCUT2D eigenvalue weighted by molar-refractivity contribution is 0.390. The number of nitrogens with zero attached hydrogens (tertiary/aromatic N) is 3. The van der Waals surface area contributed by atoms with E-state index in [1.807, 2.05) is 0 Å². The Balaban J connectivity index is 2.19. The maximum atomic E-state index is 12.2. The van der Waals surface area contributed by atoms with Gasteiger partial charge in [0.15, 0.2) is 15.0 Å². The highest BCUT2D eigenvalue weighted by molar-refractivity contribution is 8.01. The van der Waals surface area contributed by atoms with Crippen molar-refractivity contribution in [1.82, 2.24) is 15.4 Å². The lowest BCUT2D eigenvalue weighted by Gasteiger charge is -2.02. The zero-order valence-electron chi connectivity index (χ0n) is 11.2. The number of anilines is 1. The number of hydrogen-bond acceptors (Lipinski definition) is 8.